The molecule has 3 aromatic rings. The second-order valence-corrected chi connectivity index (χ2v) is 9.97. The maximum Gasteiger partial charge on any atom is 0.277 e. The van der Waals surface area contributed by atoms with Gasteiger partial charge in [-0.2, -0.15) is 5.26 Å². The van der Waals surface area contributed by atoms with Gasteiger partial charge in [-0.05, 0) is 35.6 Å². The Hall–Kier alpha value is -4.81. The molecule has 40 heavy (non-hydrogen) atoms. The van der Waals surface area contributed by atoms with Gasteiger partial charge in [0.15, 0.2) is 0 Å². The molecule has 0 saturated heterocycles. The summed E-state index contributed by atoms with van der Waals surface area (Å²) in [5.74, 6) is -1.94. The summed E-state index contributed by atoms with van der Waals surface area (Å²) in [4.78, 5) is 47.3. The van der Waals surface area contributed by atoms with Gasteiger partial charge in [-0.1, -0.05) is 80.6 Å². The SMILES string of the molecule is CC(=O)NC(O)(C#N)[C@H](Cc1ccccc1)N1C(=O)C(C(C)C)N(C(=O)c2ccccn2)C=C1c1ccccc1. The first-order chi connectivity index (χ1) is 19.2. The quantitative estimate of drug-likeness (QED) is 0.335. The molecule has 2 aromatic carbocycles. The Bertz CT molecular complexity index is 1440. The summed E-state index contributed by atoms with van der Waals surface area (Å²) in [5.41, 5.74) is -0.657. The first kappa shape index (κ1) is 28.2. The highest BCUT2D eigenvalue weighted by Crippen LogP contribution is 2.36. The van der Waals surface area contributed by atoms with Crippen molar-refractivity contribution in [1.82, 2.24) is 20.1 Å². The van der Waals surface area contributed by atoms with Crippen LogP contribution in [0.1, 0.15) is 42.4 Å². The molecule has 3 amide bonds. The van der Waals surface area contributed by atoms with Gasteiger partial charge in [0, 0.05) is 19.3 Å². The number of carbonyl (C=O) groups excluding carboxylic acids is 3. The maximum atomic E-state index is 14.5. The van der Waals surface area contributed by atoms with E-state index in [4.69, 9.17) is 0 Å². The first-order valence-electron chi connectivity index (χ1n) is 13.0. The van der Waals surface area contributed by atoms with Gasteiger partial charge in [0.1, 0.15) is 23.8 Å². The molecular weight excluding hydrogens is 506 g/mol. The number of amides is 3. The van der Waals surface area contributed by atoms with E-state index in [1.54, 1.807) is 48.7 Å². The highest BCUT2D eigenvalue weighted by Gasteiger charge is 2.50. The molecule has 2 unspecified atom stereocenters. The summed E-state index contributed by atoms with van der Waals surface area (Å²) >= 11 is 0. The lowest BCUT2D eigenvalue weighted by molar-refractivity contribution is -0.144. The average molecular weight is 538 g/mol. The normalized spacial score (nSPS) is 17.4. The highest BCUT2D eigenvalue weighted by molar-refractivity contribution is 6.02. The number of hydrogen-bond donors (Lipinski definition) is 2. The van der Waals surface area contributed by atoms with Crippen LogP contribution in [0, 0.1) is 17.2 Å². The second-order valence-electron chi connectivity index (χ2n) is 9.97. The maximum absolute atomic E-state index is 14.5. The van der Waals surface area contributed by atoms with E-state index in [0.717, 1.165) is 5.56 Å². The first-order valence-corrected chi connectivity index (χ1v) is 13.0. The molecule has 2 N–H and O–H groups in total. The van der Waals surface area contributed by atoms with E-state index in [9.17, 15) is 24.8 Å². The van der Waals surface area contributed by atoms with Gasteiger partial charge in [-0.3, -0.25) is 29.2 Å². The zero-order valence-electron chi connectivity index (χ0n) is 22.6. The van der Waals surface area contributed by atoms with Crippen LogP contribution >= 0.6 is 0 Å². The average Bonchev–Trinajstić information content (AvgIpc) is 2.96. The van der Waals surface area contributed by atoms with Crippen LogP contribution in [0.4, 0.5) is 0 Å². The van der Waals surface area contributed by atoms with Crippen molar-refractivity contribution in [2.75, 3.05) is 0 Å². The molecule has 2 heterocycles. The predicted molar refractivity (Wildman–Crippen MR) is 149 cm³/mol. The molecular formula is C31H31N5O4. The lowest BCUT2D eigenvalue weighted by atomic mass is 9.89. The van der Waals surface area contributed by atoms with Crippen molar-refractivity contribution >= 4 is 23.4 Å². The lowest BCUT2D eigenvalue weighted by Gasteiger charge is -2.47. The molecule has 4 rings (SSSR count). The molecule has 0 saturated carbocycles. The van der Waals surface area contributed by atoms with Crippen molar-refractivity contribution in [2.24, 2.45) is 5.92 Å². The summed E-state index contributed by atoms with van der Waals surface area (Å²) in [6.07, 6.45) is 3.12. The van der Waals surface area contributed by atoms with E-state index < -0.39 is 35.5 Å². The van der Waals surface area contributed by atoms with Crippen LogP contribution in [0.5, 0.6) is 0 Å². The van der Waals surface area contributed by atoms with Crippen LogP contribution in [-0.4, -0.2) is 55.4 Å². The number of hydrogen-bond acceptors (Lipinski definition) is 6. The van der Waals surface area contributed by atoms with E-state index in [2.05, 4.69) is 10.3 Å². The van der Waals surface area contributed by atoms with Crippen LogP contribution in [0.3, 0.4) is 0 Å². The van der Waals surface area contributed by atoms with Crippen molar-refractivity contribution in [3.05, 3.63) is 108 Å². The summed E-state index contributed by atoms with van der Waals surface area (Å²) in [5, 5.41) is 24.2. The molecule has 3 atom stereocenters. The largest absolute Gasteiger partial charge is 0.358 e. The van der Waals surface area contributed by atoms with E-state index in [1.807, 2.05) is 56.3 Å². The Morgan fingerprint density at radius 3 is 2.23 bits per heavy atom. The monoisotopic (exact) mass is 537 g/mol. The molecule has 204 valence electrons. The standard InChI is InChI=1S/C31H31N5O4/c1-21(2)28-30(39)36(27(18-23-12-6-4-7-13-23)31(40,20-32)34-22(3)37)26(24-14-8-5-9-15-24)19-35(28)29(38)25-16-10-11-17-33-25/h4-17,19,21,27-28,40H,18H2,1-3H3,(H,34,37)/t27-,28?,31?/m0/s1. The Balaban J connectivity index is 1.96. The van der Waals surface area contributed by atoms with E-state index >= 15 is 0 Å². The van der Waals surface area contributed by atoms with Crippen LogP contribution in [-0.2, 0) is 16.0 Å². The van der Waals surface area contributed by atoms with Crippen LogP contribution in [0.2, 0.25) is 0 Å². The topological polar surface area (TPSA) is 127 Å². The summed E-state index contributed by atoms with van der Waals surface area (Å²) in [7, 11) is 0. The number of pyridine rings is 1. The van der Waals surface area contributed by atoms with E-state index in [-0.39, 0.29) is 18.0 Å². The Morgan fingerprint density at radius 1 is 1.05 bits per heavy atom. The summed E-state index contributed by atoms with van der Waals surface area (Å²) in [6, 6.07) is 22.6. The molecule has 1 aliphatic rings. The minimum absolute atomic E-state index is 0.0418. The summed E-state index contributed by atoms with van der Waals surface area (Å²) in [6.45, 7) is 4.83. The molecule has 0 spiro atoms. The number of rotatable bonds is 8. The number of benzene rings is 2. The third-order valence-corrected chi connectivity index (χ3v) is 6.73. The van der Waals surface area contributed by atoms with Gasteiger partial charge >= 0.3 is 0 Å². The Kier molecular flexibility index (Phi) is 8.41. The number of nitrogens with one attached hydrogen (secondary N) is 1. The van der Waals surface area contributed by atoms with Crippen molar-refractivity contribution in [1.29, 1.82) is 5.26 Å². The van der Waals surface area contributed by atoms with Gasteiger partial charge in [0.2, 0.25) is 11.6 Å². The molecule has 1 aromatic heterocycles. The van der Waals surface area contributed by atoms with Crippen molar-refractivity contribution in [3.63, 3.8) is 0 Å². The Labute approximate surface area is 233 Å². The molecule has 0 bridgehead atoms. The van der Waals surface area contributed by atoms with Crippen LogP contribution < -0.4 is 5.32 Å². The minimum Gasteiger partial charge on any atom is -0.358 e. The number of aliphatic hydroxyl groups is 1. The van der Waals surface area contributed by atoms with E-state index in [1.165, 1.54) is 22.9 Å². The molecule has 0 radical (unpaired) electrons. The molecule has 1 aliphatic heterocycles. The fourth-order valence-corrected chi connectivity index (χ4v) is 4.93. The fraction of sp³-hybridized carbons (Fsp3) is 0.258. The molecule has 9 nitrogen and oxygen atoms in total. The van der Waals surface area contributed by atoms with E-state index in [0.29, 0.717) is 11.3 Å². The number of nitrogens with zero attached hydrogens (tertiary/aromatic N) is 4. The third-order valence-electron chi connectivity index (χ3n) is 6.73. The van der Waals surface area contributed by atoms with Gasteiger partial charge in [0.25, 0.3) is 11.8 Å². The lowest BCUT2D eigenvalue weighted by Crippen LogP contribution is -2.66. The van der Waals surface area contributed by atoms with Crippen molar-refractivity contribution < 1.29 is 19.5 Å². The zero-order chi connectivity index (χ0) is 28.9. The number of carbonyl (C=O) groups is 3. The van der Waals surface area contributed by atoms with Gasteiger partial charge in [0.05, 0.1) is 5.70 Å². The zero-order valence-corrected chi connectivity index (χ0v) is 22.6. The molecule has 0 aliphatic carbocycles. The van der Waals surface area contributed by atoms with Gasteiger partial charge in [-0.25, -0.2) is 0 Å². The van der Waals surface area contributed by atoms with Crippen molar-refractivity contribution in [2.45, 2.75) is 45.0 Å². The Morgan fingerprint density at radius 2 is 1.68 bits per heavy atom. The number of aromatic nitrogens is 1. The number of nitriles is 1. The molecule has 9 heteroatoms. The smallest absolute Gasteiger partial charge is 0.277 e. The van der Waals surface area contributed by atoms with Crippen LogP contribution in [0.25, 0.3) is 5.70 Å². The van der Waals surface area contributed by atoms with Gasteiger partial charge < -0.3 is 10.4 Å². The minimum atomic E-state index is -2.44. The fourth-order valence-electron chi connectivity index (χ4n) is 4.93. The second kappa shape index (κ2) is 11.9. The third kappa shape index (κ3) is 5.77. The van der Waals surface area contributed by atoms with Gasteiger partial charge in [-0.15, -0.1) is 0 Å². The van der Waals surface area contributed by atoms with Crippen LogP contribution in [0.15, 0.2) is 91.3 Å². The summed E-state index contributed by atoms with van der Waals surface area (Å²) < 4.78 is 0. The predicted octanol–water partition coefficient (Wildman–Crippen LogP) is 3.35. The highest BCUT2D eigenvalue weighted by atomic mass is 16.3. The van der Waals surface area contributed by atoms with Crippen molar-refractivity contribution in [3.8, 4) is 6.07 Å². The molecule has 0 fully saturated rings.